The molecule has 1 atom stereocenters. The van der Waals surface area contributed by atoms with Gasteiger partial charge >= 0.3 is 5.69 Å². The molecule has 7 heteroatoms. The van der Waals surface area contributed by atoms with Crippen molar-refractivity contribution in [2.75, 3.05) is 6.61 Å². The minimum atomic E-state index is -0.412. The molecule has 5 rings (SSSR count). The molecule has 3 heterocycles. The lowest BCUT2D eigenvalue weighted by atomic mass is 10.0. The summed E-state index contributed by atoms with van der Waals surface area (Å²) in [5.74, 6) is 0.788. The Morgan fingerprint density at radius 3 is 2.33 bits per heavy atom. The Kier molecular flexibility index (Phi) is 5.21. The predicted octanol–water partition coefficient (Wildman–Crippen LogP) is 3.61. The van der Waals surface area contributed by atoms with Gasteiger partial charge in [-0.25, -0.2) is 4.79 Å². The fourth-order valence-corrected chi connectivity index (χ4v) is 4.72. The highest BCUT2D eigenvalue weighted by Gasteiger charge is 2.33. The highest BCUT2D eigenvalue weighted by molar-refractivity contribution is 5.96. The molecule has 7 nitrogen and oxygen atoms in total. The summed E-state index contributed by atoms with van der Waals surface area (Å²) < 4.78 is 16.9. The van der Waals surface area contributed by atoms with Crippen LogP contribution in [0.5, 0.6) is 5.75 Å². The van der Waals surface area contributed by atoms with Gasteiger partial charge in [-0.2, -0.15) is 0 Å². The number of hydrogen-bond acceptors (Lipinski definition) is 4. The van der Waals surface area contributed by atoms with E-state index in [4.69, 9.17) is 9.47 Å². The van der Waals surface area contributed by atoms with Gasteiger partial charge in [-0.1, -0.05) is 42.5 Å². The molecule has 1 aliphatic rings. The SMILES string of the molecule is CC(C)Oc1ccc(C2OCCn3c(-c4ccccc4)c4c(=O)n(C)c(=O)n(C)c4c32)cc1. The average Bonchev–Trinajstić information content (AvgIpc) is 3.17. The van der Waals surface area contributed by atoms with Crippen LogP contribution >= 0.6 is 0 Å². The van der Waals surface area contributed by atoms with E-state index in [1.165, 1.54) is 11.6 Å². The minimum absolute atomic E-state index is 0.0853. The van der Waals surface area contributed by atoms with Crippen LogP contribution in [-0.2, 0) is 25.4 Å². The molecule has 0 N–H and O–H groups in total. The molecule has 33 heavy (non-hydrogen) atoms. The maximum absolute atomic E-state index is 13.4. The van der Waals surface area contributed by atoms with E-state index in [2.05, 4.69) is 4.57 Å². The minimum Gasteiger partial charge on any atom is -0.491 e. The second kappa shape index (κ2) is 8.08. The van der Waals surface area contributed by atoms with Crippen molar-refractivity contribution < 1.29 is 9.47 Å². The molecule has 0 saturated carbocycles. The molecule has 1 unspecified atom stereocenters. The van der Waals surface area contributed by atoms with E-state index in [9.17, 15) is 9.59 Å². The molecule has 0 fully saturated rings. The van der Waals surface area contributed by atoms with Gasteiger partial charge in [0.25, 0.3) is 5.56 Å². The van der Waals surface area contributed by atoms with Crippen molar-refractivity contribution in [1.29, 1.82) is 0 Å². The molecule has 1 aliphatic heterocycles. The Morgan fingerprint density at radius 1 is 0.970 bits per heavy atom. The second-order valence-corrected chi connectivity index (χ2v) is 8.67. The Bertz CT molecular complexity index is 1440. The van der Waals surface area contributed by atoms with Gasteiger partial charge in [0.15, 0.2) is 0 Å². The van der Waals surface area contributed by atoms with Gasteiger partial charge in [-0.15, -0.1) is 0 Å². The van der Waals surface area contributed by atoms with Crippen LogP contribution in [-0.4, -0.2) is 26.4 Å². The average molecular weight is 446 g/mol. The molecule has 0 spiro atoms. The lowest BCUT2D eigenvalue weighted by Gasteiger charge is -2.28. The molecule has 0 amide bonds. The number of aryl methyl sites for hydroxylation is 1. The summed E-state index contributed by atoms with van der Waals surface area (Å²) in [5, 5.41) is 0.538. The van der Waals surface area contributed by atoms with E-state index in [-0.39, 0.29) is 17.4 Å². The van der Waals surface area contributed by atoms with Crippen LogP contribution in [0.1, 0.15) is 31.2 Å². The second-order valence-electron chi connectivity index (χ2n) is 8.67. The van der Waals surface area contributed by atoms with E-state index in [1.54, 1.807) is 11.6 Å². The zero-order valence-electron chi connectivity index (χ0n) is 19.2. The summed E-state index contributed by atoms with van der Waals surface area (Å²) in [7, 11) is 3.24. The first-order valence-corrected chi connectivity index (χ1v) is 11.1. The van der Waals surface area contributed by atoms with Gasteiger partial charge < -0.3 is 14.0 Å². The molecule has 4 aromatic rings. The molecule has 0 saturated heterocycles. The summed E-state index contributed by atoms with van der Waals surface area (Å²) in [6.45, 7) is 5.07. The van der Waals surface area contributed by atoms with Gasteiger partial charge in [-0.05, 0) is 37.1 Å². The van der Waals surface area contributed by atoms with E-state index in [0.717, 1.165) is 28.3 Å². The van der Waals surface area contributed by atoms with Crippen molar-refractivity contribution in [3.8, 4) is 17.0 Å². The number of benzene rings is 2. The van der Waals surface area contributed by atoms with Crippen molar-refractivity contribution in [3.63, 3.8) is 0 Å². The summed E-state index contributed by atoms with van der Waals surface area (Å²) in [4.78, 5) is 26.3. The van der Waals surface area contributed by atoms with Crippen molar-refractivity contribution in [1.82, 2.24) is 13.7 Å². The Balaban J connectivity index is 1.81. The van der Waals surface area contributed by atoms with Gasteiger partial charge in [0.1, 0.15) is 11.9 Å². The van der Waals surface area contributed by atoms with Crippen LogP contribution in [0.25, 0.3) is 22.2 Å². The number of hydrogen-bond donors (Lipinski definition) is 0. The zero-order chi connectivity index (χ0) is 23.3. The van der Waals surface area contributed by atoms with Crippen molar-refractivity contribution in [3.05, 3.63) is 86.7 Å². The smallest absolute Gasteiger partial charge is 0.331 e. The van der Waals surface area contributed by atoms with E-state index < -0.39 is 6.10 Å². The van der Waals surface area contributed by atoms with E-state index in [1.807, 2.05) is 68.4 Å². The highest BCUT2D eigenvalue weighted by Crippen LogP contribution is 2.40. The Labute approximate surface area is 191 Å². The van der Waals surface area contributed by atoms with Gasteiger partial charge in [0.2, 0.25) is 0 Å². The molecule has 2 aromatic heterocycles. The summed E-state index contributed by atoms with van der Waals surface area (Å²) >= 11 is 0. The van der Waals surface area contributed by atoms with Gasteiger partial charge in [0.05, 0.1) is 35.0 Å². The van der Waals surface area contributed by atoms with Crippen LogP contribution in [0.15, 0.2) is 64.2 Å². The molecule has 2 aromatic carbocycles. The van der Waals surface area contributed by atoms with Gasteiger partial charge in [-0.3, -0.25) is 13.9 Å². The lowest BCUT2D eigenvalue weighted by molar-refractivity contribution is 0.0478. The number of aromatic nitrogens is 3. The third-order valence-corrected chi connectivity index (χ3v) is 6.15. The Hall–Kier alpha value is -3.58. The number of rotatable bonds is 4. The third kappa shape index (κ3) is 3.40. The van der Waals surface area contributed by atoms with Gasteiger partial charge in [0, 0.05) is 20.6 Å². The van der Waals surface area contributed by atoms with Crippen molar-refractivity contribution >= 4 is 10.9 Å². The van der Waals surface area contributed by atoms with E-state index in [0.29, 0.717) is 24.1 Å². The predicted molar refractivity (Wildman–Crippen MR) is 128 cm³/mol. The largest absolute Gasteiger partial charge is 0.491 e. The molecule has 0 aliphatic carbocycles. The first-order valence-electron chi connectivity index (χ1n) is 11.1. The molecule has 170 valence electrons. The maximum atomic E-state index is 13.4. The van der Waals surface area contributed by atoms with Crippen LogP contribution < -0.4 is 16.0 Å². The number of fused-ring (bicyclic) bond motifs is 3. The lowest BCUT2D eigenvalue weighted by Crippen LogP contribution is -2.37. The monoisotopic (exact) mass is 445 g/mol. The van der Waals surface area contributed by atoms with Crippen molar-refractivity contribution in [2.45, 2.75) is 32.6 Å². The fraction of sp³-hybridized carbons (Fsp3) is 0.308. The first-order chi connectivity index (χ1) is 15.9. The van der Waals surface area contributed by atoms with E-state index >= 15 is 0 Å². The number of nitrogens with zero attached hydrogens (tertiary/aromatic N) is 3. The standard InChI is InChI=1S/C26H27N3O4/c1-16(2)33-19-12-10-18(11-13-19)24-23-22-20(25(30)28(4)26(31)27(22)3)21(29(23)14-15-32-24)17-8-6-5-7-9-17/h5-13,16,24H,14-15H2,1-4H3. The number of ether oxygens (including phenoxy) is 2. The molecular weight excluding hydrogens is 418 g/mol. The topological polar surface area (TPSA) is 67.4 Å². The third-order valence-electron chi connectivity index (χ3n) is 6.15. The van der Waals surface area contributed by atoms with Crippen LogP contribution in [0, 0.1) is 0 Å². The van der Waals surface area contributed by atoms with Crippen LogP contribution in [0.2, 0.25) is 0 Å². The van der Waals surface area contributed by atoms with Crippen LogP contribution in [0.3, 0.4) is 0 Å². The Morgan fingerprint density at radius 2 is 1.67 bits per heavy atom. The maximum Gasteiger partial charge on any atom is 0.331 e. The van der Waals surface area contributed by atoms with Crippen molar-refractivity contribution in [2.24, 2.45) is 14.1 Å². The van der Waals surface area contributed by atoms with Crippen LogP contribution in [0.4, 0.5) is 0 Å². The quantitative estimate of drug-likeness (QED) is 0.481. The summed E-state index contributed by atoms with van der Waals surface area (Å²) in [6.07, 6.45) is -0.327. The normalized spacial score (nSPS) is 15.7. The molecule has 0 bridgehead atoms. The zero-order valence-corrected chi connectivity index (χ0v) is 19.2. The highest BCUT2D eigenvalue weighted by atomic mass is 16.5. The fourth-order valence-electron chi connectivity index (χ4n) is 4.72. The summed E-state index contributed by atoms with van der Waals surface area (Å²) in [6, 6.07) is 17.7. The molecular formula is C26H27N3O4. The molecule has 0 radical (unpaired) electrons. The summed E-state index contributed by atoms with van der Waals surface area (Å²) in [5.41, 5.74) is 3.49. The first kappa shape index (κ1) is 21.3.